The Balaban J connectivity index is 1.47. The van der Waals surface area contributed by atoms with E-state index in [9.17, 15) is 4.79 Å². The summed E-state index contributed by atoms with van der Waals surface area (Å²) in [6.07, 6.45) is 0.915. The number of hydrogen-bond donors (Lipinski definition) is 1. The van der Waals surface area contributed by atoms with Gasteiger partial charge in [0.15, 0.2) is 5.82 Å². The fourth-order valence-corrected chi connectivity index (χ4v) is 3.81. The van der Waals surface area contributed by atoms with Crippen molar-refractivity contribution < 1.29 is 4.79 Å². The van der Waals surface area contributed by atoms with Crippen LogP contribution in [0.4, 0.5) is 5.69 Å². The normalized spacial score (nSPS) is 14.4. The quantitative estimate of drug-likeness (QED) is 0.731. The van der Waals surface area contributed by atoms with Crippen LogP contribution < -0.4 is 4.90 Å². The third-order valence-electron chi connectivity index (χ3n) is 4.30. The number of aromatic nitrogens is 3. The average Bonchev–Trinajstić information content (AvgIpc) is 3.29. The standard InChI is InChI=1S/C19H18N4OS/c1-13(18(24)23-12-11-14-7-5-6-10-16(14)23)25-19-20-17(21-22-19)15-8-3-2-4-9-15/h2-10,13H,11-12H2,1H3,(H,20,21,22)/t13-/m0/s1. The Labute approximate surface area is 150 Å². The van der Waals surface area contributed by atoms with E-state index in [0.29, 0.717) is 11.0 Å². The minimum absolute atomic E-state index is 0.0982. The van der Waals surface area contributed by atoms with Crippen molar-refractivity contribution in [3.8, 4) is 11.4 Å². The van der Waals surface area contributed by atoms with Gasteiger partial charge in [-0.1, -0.05) is 60.3 Å². The summed E-state index contributed by atoms with van der Waals surface area (Å²) in [5.41, 5.74) is 3.24. The van der Waals surface area contributed by atoms with Crippen LogP contribution >= 0.6 is 11.8 Å². The first-order valence-corrected chi connectivity index (χ1v) is 9.14. The summed E-state index contributed by atoms with van der Waals surface area (Å²) in [6, 6.07) is 17.9. The van der Waals surface area contributed by atoms with Crippen LogP contribution in [-0.4, -0.2) is 32.9 Å². The van der Waals surface area contributed by atoms with Crippen LogP contribution in [0.3, 0.4) is 0 Å². The molecule has 0 fully saturated rings. The van der Waals surface area contributed by atoms with Gasteiger partial charge in [-0.2, -0.15) is 0 Å². The van der Waals surface area contributed by atoms with Crippen LogP contribution in [0.1, 0.15) is 12.5 Å². The van der Waals surface area contributed by atoms with Crippen LogP contribution in [0.25, 0.3) is 11.4 Å². The molecule has 3 aromatic rings. The monoisotopic (exact) mass is 350 g/mol. The van der Waals surface area contributed by atoms with Crippen molar-refractivity contribution in [1.29, 1.82) is 0 Å². The topological polar surface area (TPSA) is 61.9 Å². The second kappa shape index (κ2) is 6.72. The van der Waals surface area contributed by atoms with Gasteiger partial charge in [0.2, 0.25) is 11.1 Å². The summed E-state index contributed by atoms with van der Waals surface area (Å²) in [4.78, 5) is 19.2. The lowest BCUT2D eigenvalue weighted by Gasteiger charge is -2.20. The van der Waals surface area contributed by atoms with Crippen LogP contribution in [0, 0.1) is 0 Å². The number of rotatable bonds is 4. The van der Waals surface area contributed by atoms with Crippen molar-refractivity contribution in [3.63, 3.8) is 0 Å². The second-order valence-electron chi connectivity index (χ2n) is 5.96. The first-order chi connectivity index (χ1) is 12.2. The molecule has 1 atom stereocenters. The Morgan fingerprint density at radius 3 is 2.76 bits per heavy atom. The van der Waals surface area contributed by atoms with E-state index in [2.05, 4.69) is 21.2 Å². The largest absolute Gasteiger partial charge is 0.311 e. The van der Waals surface area contributed by atoms with Crippen molar-refractivity contribution in [2.75, 3.05) is 11.4 Å². The third-order valence-corrected chi connectivity index (χ3v) is 5.24. The van der Waals surface area contributed by atoms with E-state index < -0.39 is 0 Å². The highest BCUT2D eigenvalue weighted by atomic mass is 32.2. The number of carbonyl (C=O) groups excluding carboxylic acids is 1. The second-order valence-corrected chi connectivity index (χ2v) is 7.27. The Hall–Kier alpha value is -2.60. The summed E-state index contributed by atoms with van der Waals surface area (Å²) >= 11 is 1.38. The van der Waals surface area contributed by atoms with Gasteiger partial charge < -0.3 is 4.90 Å². The van der Waals surface area contributed by atoms with E-state index in [1.807, 2.05) is 60.4 Å². The molecule has 1 aliphatic heterocycles. The number of anilines is 1. The first-order valence-electron chi connectivity index (χ1n) is 8.26. The average molecular weight is 350 g/mol. The SMILES string of the molecule is C[C@H](Sc1n[nH]c(-c2ccccc2)n1)C(=O)N1CCc2ccccc21. The summed E-state index contributed by atoms with van der Waals surface area (Å²) in [6.45, 7) is 2.65. The van der Waals surface area contributed by atoms with Crippen molar-refractivity contribution in [2.45, 2.75) is 23.8 Å². The van der Waals surface area contributed by atoms with E-state index >= 15 is 0 Å². The highest BCUT2D eigenvalue weighted by molar-refractivity contribution is 8.00. The Morgan fingerprint density at radius 2 is 1.92 bits per heavy atom. The van der Waals surface area contributed by atoms with Gasteiger partial charge >= 0.3 is 0 Å². The summed E-state index contributed by atoms with van der Waals surface area (Å²) in [5.74, 6) is 0.815. The molecule has 6 heteroatoms. The molecule has 126 valence electrons. The molecule has 0 bridgehead atoms. The molecular formula is C19H18N4OS. The predicted octanol–water partition coefficient (Wildman–Crippen LogP) is 3.54. The third kappa shape index (κ3) is 3.17. The number of aromatic amines is 1. The molecule has 25 heavy (non-hydrogen) atoms. The maximum Gasteiger partial charge on any atom is 0.240 e. The molecule has 1 aromatic heterocycles. The number of amides is 1. The molecule has 0 saturated heterocycles. The van der Waals surface area contributed by atoms with Crippen molar-refractivity contribution in [1.82, 2.24) is 15.2 Å². The molecule has 2 aromatic carbocycles. The summed E-state index contributed by atoms with van der Waals surface area (Å²) in [7, 11) is 0. The van der Waals surface area contributed by atoms with Gasteiger partial charge in [-0.25, -0.2) is 4.98 Å². The molecule has 0 unspecified atom stereocenters. The molecule has 1 amide bonds. The Kier molecular flexibility index (Phi) is 4.28. The highest BCUT2D eigenvalue weighted by Gasteiger charge is 2.28. The smallest absolute Gasteiger partial charge is 0.240 e. The van der Waals surface area contributed by atoms with Gasteiger partial charge in [0, 0.05) is 17.8 Å². The van der Waals surface area contributed by atoms with E-state index in [1.165, 1.54) is 17.3 Å². The highest BCUT2D eigenvalue weighted by Crippen LogP contribution is 2.31. The number of thioether (sulfide) groups is 1. The molecular weight excluding hydrogens is 332 g/mol. The number of H-pyrrole nitrogens is 1. The Morgan fingerprint density at radius 1 is 1.16 bits per heavy atom. The molecule has 0 aliphatic carbocycles. The van der Waals surface area contributed by atoms with Gasteiger partial charge in [-0.05, 0) is 25.0 Å². The summed E-state index contributed by atoms with van der Waals surface area (Å²) < 4.78 is 0. The van der Waals surface area contributed by atoms with Crippen LogP contribution in [-0.2, 0) is 11.2 Å². The zero-order valence-corrected chi connectivity index (χ0v) is 14.7. The van der Waals surface area contributed by atoms with Gasteiger partial charge in [-0.3, -0.25) is 9.89 Å². The lowest BCUT2D eigenvalue weighted by atomic mass is 10.2. The maximum atomic E-state index is 12.8. The van der Waals surface area contributed by atoms with E-state index in [1.54, 1.807) is 0 Å². The van der Waals surface area contributed by atoms with Gasteiger partial charge in [0.1, 0.15) is 0 Å². The van der Waals surface area contributed by atoms with Gasteiger partial charge in [0.05, 0.1) is 5.25 Å². The minimum Gasteiger partial charge on any atom is -0.311 e. The van der Waals surface area contributed by atoms with Crippen LogP contribution in [0.5, 0.6) is 0 Å². The predicted molar refractivity (Wildman–Crippen MR) is 99.6 cm³/mol. The van der Waals surface area contributed by atoms with Crippen LogP contribution in [0.15, 0.2) is 59.8 Å². The van der Waals surface area contributed by atoms with E-state index in [-0.39, 0.29) is 11.2 Å². The minimum atomic E-state index is -0.245. The number of benzene rings is 2. The van der Waals surface area contributed by atoms with E-state index in [4.69, 9.17) is 0 Å². The number of para-hydroxylation sites is 1. The number of fused-ring (bicyclic) bond motifs is 1. The fourth-order valence-electron chi connectivity index (χ4n) is 3.02. The lowest BCUT2D eigenvalue weighted by Crippen LogP contribution is -2.35. The van der Waals surface area contributed by atoms with E-state index in [0.717, 1.165) is 24.2 Å². The molecule has 5 nitrogen and oxygen atoms in total. The zero-order valence-electron chi connectivity index (χ0n) is 13.8. The Bertz CT molecular complexity index is 893. The molecule has 2 heterocycles. The molecule has 0 saturated carbocycles. The summed E-state index contributed by atoms with van der Waals surface area (Å²) in [5, 5.41) is 7.53. The number of nitrogens with zero attached hydrogens (tertiary/aromatic N) is 3. The molecule has 1 aliphatic rings. The van der Waals surface area contributed by atoms with Gasteiger partial charge in [0.25, 0.3) is 0 Å². The molecule has 0 radical (unpaired) electrons. The molecule has 4 rings (SSSR count). The fraction of sp³-hybridized carbons (Fsp3) is 0.211. The van der Waals surface area contributed by atoms with Crippen LogP contribution in [0.2, 0.25) is 0 Å². The zero-order chi connectivity index (χ0) is 17.2. The maximum absolute atomic E-state index is 12.8. The van der Waals surface area contributed by atoms with Crippen molar-refractivity contribution in [3.05, 3.63) is 60.2 Å². The molecule has 1 N–H and O–H groups in total. The first kappa shape index (κ1) is 15.9. The van der Waals surface area contributed by atoms with Gasteiger partial charge in [-0.15, -0.1) is 5.10 Å². The molecule has 0 spiro atoms. The number of hydrogen-bond acceptors (Lipinski definition) is 4. The van der Waals surface area contributed by atoms with Crippen molar-refractivity contribution in [2.24, 2.45) is 0 Å². The lowest BCUT2D eigenvalue weighted by molar-refractivity contribution is -0.117. The number of carbonyl (C=O) groups is 1. The van der Waals surface area contributed by atoms with Crippen molar-refractivity contribution >= 4 is 23.4 Å². The number of nitrogens with one attached hydrogen (secondary N) is 1.